The quantitative estimate of drug-likeness (QED) is 0.831. The second-order valence-corrected chi connectivity index (χ2v) is 6.50. The Hall–Kier alpha value is -2.76. The molecule has 6 heteroatoms. The van der Waals surface area contributed by atoms with Gasteiger partial charge in [-0.25, -0.2) is 9.97 Å². The number of nitrogens with zero attached hydrogens (tertiary/aromatic N) is 3. The predicted octanol–water partition coefficient (Wildman–Crippen LogP) is 2.48. The minimum Gasteiger partial charge on any atom is -0.348 e. The zero-order valence-corrected chi connectivity index (χ0v) is 15.1. The Balaban J connectivity index is 1.68. The molecule has 0 saturated carbocycles. The highest BCUT2D eigenvalue weighted by atomic mass is 16.2. The van der Waals surface area contributed by atoms with E-state index in [-0.39, 0.29) is 11.8 Å². The van der Waals surface area contributed by atoms with Crippen LogP contribution >= 0.6 is 0 Å². The fraction of sp³-hybridized carbons (Fsp3) is 0.400. The summed E-state index contributed by atoms with van der Waals surface area (Å²) in [6, 6.07) is 7.92. The van der Waals surface area contributed by atoms with Crippen LogP contribution in [0.25, 0.3) is 0 Å². The number of hydrogen-bond acceptors (Lipinski definition) is 4. The van der Waals surface area contributed by atoms with Crippen LogP contribution in [-0.4, -0.2) is 33.2 Å². The second-order valence-electron chi connectivity index (χ2n) is 6.50. The number of hydrogen-bond donors (Lipinski definition) is 1. The molecule has 136 valence electrons. The van der Waals surface area contributed by atoms with Crippen molar-refractivity contribution in [1.82, 2.24) is 20.2 Å². The molecule has 1 aromatic carbocycles. The SMILES string of the molecule is CCCc1ncncc1C(=O)NCc1ccccc1CN1CCCC1=O. The van der Waals surface area contributed by atoms with Crippen LogP contribution < -0.4 is 5.32 Å². The van der Waals surface area contributed by atoms with Crippen molar-refractivity contribution < 1.29 is 9.59 Å². The Morgan fingerprint density at radius 2 is 2.08 bits per heavy atom. The van der Waals surface area contributed by atoms with E-state index < -0.39 is 0 Å². The number of amides is 2. The van der Waals surface area contributed by atoms with Crippen molar-refractivity contribution in [2.45, 2.75) is 45.7 Å². The van der Waals surface area contributed by atoms with Crippen molar-refractivity contribution in [3.05, 3.63) is 59.2 Å². The first-order chi connectivity index (χ1) is 12.7. The number of nitrogens with one attached hydrogen (secondary N) is 1. The van der Waals surface area contributed by atoms with Gasteiger partial charge in [-0.05, 0) is 24.0 Å². The molecule has 1 aliphatic rings. The second kappa shape index (κ2) is 8.56. The van der Waals surface area contributed by atoms with Gasteiger partial charge in [0.2, 0.25) is 5.91 Å². The summed E-state index contributed by atoms with van der Waals surface area (Å²) in [5.74, 6) is 0.0376. The molecule has 2 amide bonds. The van der Waals surface area contributed by atoms with Gasteiger partial charge >= 0.3 is 0 Å². The molecule has 0 atom stereocenters. The Morgan fingerprint density at radius 1 is 1.27 bits per heavy atom. The van der Waals surface area contributed by atoms with Gasteiger partial charge < -0.3 is 10.2 Å². The zero-order valence-electron chi connectivity index (χ0n) is 15.1. The van der Waals surface area contributed by atoms with Gasteiger partial charge in [0.05, 0.1) is 11.3 Å². The van der Waals surface area contributed by atoms with Crippen molar-refractivity contribution in [3.8, 4) is 0 Å². The number of aromatic nitrogens is 2. The average Bonchev–Trinajstić information content (AvgIpc) is 3.06. The maximum absolute atomic E-state index is 12.6. The molecule has 1 N–H and O–H groups in total. The molecule has 6 nitrogen and oxygen atoms in total. The summed E-state index contributed by atoms with van der Waals surface area (Å²) < 4.78 is 0. The summed E-state index contributed by atoms with van der Waals surface area (Å²) in [6.45, 7) is 3.87. The van der Waals surface area contributed by atoms with Crippen molar-refractivity contribution >= 4 is 11.8 Å². The van der Waals surface area contributed by atoms with Gasteiger partial charge in [0.15, 0.2) is 0 Å². The Labute approximate surface area is 153 Å². The first-order valence-electron chi connectivity index (χ1n) is 9.10. The zero-order chi connectivity index (χ0) is 18.4. The molecule has 1 fully saturated rings. The maximum atomic E-state index is 12.6. The van der Waals surface area contributed by atoms with Gasteiger partial charge in [0.1, 0.15) is 6.33 Å². The van der Waals surface area contributed by atoms with Crippen LogP contribution in [0.1, 0.15) is 53.4 Å². The number of likely N-dealkylation sites (tertiary alicyclic amines) is 1. The van der Waals surface area contributed by atoms with E-state index in [2.05, 4.69) is 22.2 Å². The van der Waals surface area contributed by atoms with E-state index in [0.717, 1.165) is 42.6 Å². The minimum atomic E-state index is -0.166. The van der Waals surface area contributed by atoms with Crippen LogP contribution in [0.5, 0.6) is 0 Å². The van der Waals surface area contributed by atoms with Gasteiger partial charge in [-0.15, -0.1) is 0 Å². The summed E-state index contributed by atoms with van der Waals surface area (Å²) >= 11 is 0. The molecular weight excluding hydrogens is 328 g/mol. The Bertz CT molecular complexity index is 791. The number of benzene rings is 1. The maximum Gasteiger partial charge on any atom is 0.254 e. The fourth-order valence-corrected chi connectivity index (χ4v) is 3.21. The van der Waals surface area contributed by atoms with E-state index in [1.54, 1.807) is 6.20 Å². The van der Waals surface area contributed by atoms with Crippen molar-refractivity contribution in [2.75, 3.05) is 6.54 Å². The summed E-state index contributed by atoms with van der Waals surface area (Å²) in [6.07, 6.45) is 6.27. The number of aryl methyl sites for hydroxylation is 1. The molecule has 0 unspecified atom stereocenters. The fourth-order valence-electron chi connectivity index (χ4n) is 3.21. The van der Waals surface area contributed by atoms with Gasteiger partial charge in [-0.1, -0.05) is 37.6 Å². The van der Waals surface area contributed by atoms with Gasteiger partial charge in [0.25, 0.3) is 5.91 Å². The molecule has 0 aliphatic carbocycles. The molecule has 2 heterocycles. The summed E-state index contributed by atoms with van der Waals surface area (Å²) in [4.78, 5) is 34.5. The Morgan fingerprint density at radius 3 is 2.81 bits per heavy atom. The van der Waals surface area contributed by atoms with E-state index in [4.69, 9.17) is 0 Å². The lowest BCUT2D eigenvalue weighted by molar-refractivity contribution is -0.128. The van der Waals surface area contributed by atoms with Crippen LogP contribution in [-0.2, 0) is 24.3 Å². The summed E-state index contributed by atoms with van der Waals surface area (Å²) in [7, 11) is 0. The lowest BCUT2D eigenvalue weighted by atomic mass is 10.1. The number of carbonyl (C=O) groups excluding carboxylic acids is 2. The molecule has 0 radical (unpaired) electrons. The Kier molecular flexibility index (Phi) is 5.94. The summed E-state index contributed by atoms with van der Waals surface area (Å²) in [5.41, 5.74) is 3.40. The molecule has 2 aromatic rings. The highest BCUT2D eigenvalue weighted by Crippen LogP contribution is 2.17. The van der Waals surface area contributed by atoms with Crippen LogP contribution in [0.15, 0.2) is 36.8 Å². The van der Waals surface area contributed by atoms with Crippen LogP contribution in [0.3, 0.4) is 0 Å². The van der Waals surface area contributed by atoms with Crippen LogP contribution in [0.2, 0.25) is 0 Å². The molecule has 1 saturated heterocycles. The normalized spacial score (nSPS) is 13.9. The van der Waals surface area contributed by atoms with E-state index in [9.17, 15) is 9.59 Å². The van der Waals surface area contributed by atoms with E-state index in [1.165, 1.54) is 6.33 Å². The molecule has 1 aromatic heterocycles. The molecule has 0 bridgehead atoms. The number of rotatable bonds is 7. The first kappa shape index (κ1) is 18.0. The van der Waals surface area contributed by atoms with Gasteiger partial charge in [-0.2, -0.15) is 0 Å². The topological polar surface area (TPSA) is 75.2 Å². The summed E-state index contributed by atoms with van der Waals surface area (Å²) in [5, 5.41) is 2.97. The van der Waals surface area contributed by atoms with Crippen molar-refractivity contribution in [2.24, 2.45) is 0 Å². The van der Waals surface area contributed by atoms with E-state index in [0.29, 0.717) is 25.1 Å². The van der Waals surface area contributed by atoms with E-state index >= 15 is 0 Å². The van der Waals surface area contributed by atoms with Crippen LogP contribution in [0, 0.1) is 0 Å². The lowest BCUT2D eigenvalue weighted by Gasteiger charge is -2.18. The molecule has 26 heavy (non-hydrogen) atoms. The largest absolute Gasteiger partial charge is 0.348 e. The minimum absolute atomic E-state index is 0.166. The monoisotopic (exact) mass is 352 g/mol. The van der Waals surface area contributed by atoms with Crippen LogP contribution in [0.4, 0.5) is 0 Å². The smallest absolute Gasteiger partial charge is 0.254 e. The van der Waals surface area contributed by atoms with Crippen molar-refractivity contribution in [1.29, 1.82) is 0 Å². The molecule has 1 aliphatic heterocycles. The van der Waals surface area contributed by atoms with E-state index in [1.807, 2.05) is 29.2 Å². The number of carbonyl (C=O) groups is 2. The molecule has 0 spiro atoms. The highest BCUT2D eigenvalue weighted by Gasteiger charge is 2.21. The third-order valence-corrected chi connectivity index (χ3v) is 4.62. The van der Waals surface area contributed by atoms with Gasteiger partial charge in [0, 0.05) is 32.3 Å². The van der Waals surface area contributed by atoms with Gasteiger partial charge in [-0.3, -0.25) is 9.59 Å². The molecular formula is C20H24N4O2. The predicted molar refractivity (Wildman–Crippen MR) is 98.3 cm³/mol. The average molecular weight is 352 g/mol. The standard InChI is InChI=1S/C20H24N4O2/c1-2-6-18-17(12-21-14-23-18)20(26)22-11-15-7-3-4-8-16(15)13-24-10-5-9-19(24)25/h3-4,7-8,12,14H,2,5-6,9-11,13H2,1H3,(H,22,26). The highest BCUT2D eigenvalue weighted by molar-refractivity contribution is 5.94. The lowest BCUT2D eigenvalue weighted by Crippen LogP contribution is -2.27. The third kappa shape index (κ3) is 4.25. The van der Waals surface area contributed by atoms with Crippen molar-refractivity contribution in [3.63, 3.8) is 0 Å². The molecule has 3 rings (SSSR count). The first-order valence-corrected chi connectivity index (χ1v) is 9.10. The third-order valence-electron chi connectivity index (χ3n) is 4.62.